The number of alkyl halides is 3. The van der Waals surface area contributed by atoms with Crippen LogP contribution in [-0.2, 0) is 38.5 Å². The number of ketones is 2. The average molecular weight is 571 g/mol. The highest BCUT2D eigenvalue weighted by Gasteiger charge is 2.44. The zero-order chi connectivity index (χ0) is 26.7. The van der Waals surface area contributed by atoms with Gasteiger partial charge < -0.3 is 0 Å². The Balaban J connectivity index is 0.000000316. The first-order valence-corrected chi connectivity index (χ1v) is 14.8. The minimum Gasteiger partial charge on any atom is -0.299 e. The summed E-state index contributed by atoms with van der Waals surface area (Å²) in [6, 6.07) is 0. The largest absolute Gasteiger partial charge is 0.522 e. The molecule has 35 heavy (non-hydrogen) atoms. The number of carbonyl (C=O) groups is 2. The Hall–Kier alpha value is -0.740. The van der Waals surface area contributed by atoms with Crippen molar-refractivity contribution >= 4 is 44.7 Å². The molecule has 0 aromatic heterocycles. The second kappa shape index (κ2) is 14.9. The van der Waals surface area contributed by atoms with Crippen molar-refractivity contribution in [3.05, 3.63) is 0 Å². The van der Waals surface area contributed by atoms with Gasteiger partial charge in [-0.25, -0.2) is 8.37 Å². The van der Waals surface area contributed by atoms with Gasteiger partial charge >= 0.3 is 26.0 Å². The van der Waals surface area contributed by atoms with E-state index in [1.54, 1.807) is 0 Å². The van der Waals surface area contributed by atoms with Crippen LogP contribution in [0.2, 0.25) is 0 Å². The molecule has 0 heterocycles. The van der Waals surface area contributed by atoms with E-state index in [-0.39, 0.29) is 29.7 Å². The third-order valence-electron chi connectivity index (χ3n) is 5.72. The predicted octanol–water partition coefficient (Wildman–Crippen LogP) is 4.18. The number of rotatable bonds is 5. The molecule has 1 N–H and O–H groups in total. The van der Waals surface area contributed by atoms with Gasteiger partial charge in [0.1, 0.15) is 11.6 Å². The summed E-state index contributed by atoms with van der Waals surface area (Å²) in [6.45, 7) is -0.0616. The lowest BCUT2D eigenvalue weighted by Gasteiger charge is -2.23. The Bertz CT molecular complexity index is 883. The molecule has 3 aliphatic rings. The fourth-order valence-corrected chi connectivity index (χ4v) is 4.94. The molecule has 0 saturated heterocycles. The van der Waals surface area contributed by atoms with Crippen molar-refractivity contribution in [3.8, 4) is 0 Å². The summed E-state index contributed by atoms with van der Waals surface area (Å²) in [5, 5.41) is 0.0590. The molecule has 0 aromatic carbocycles. The van der Waals surface area contributed by atoms with Crippen molar-refractivity contribution in [2.45, 2.75) is 100 Å². The molecule has 0 radical (unpaired) electrons. The van der Waals surface area contributed by atoms with Crippen LogP contribution in [0.15, 0.2) is 0 Å². The van der Waals surface area contributed by atoms with E-state index in [0.717, 1.165) is 70.6 Å². The van der Waals surface area contributed by atoms with E-state index in [4.69, 9.17) is 21.3 Å². The van der Waals surface area contributed by atoms with Gasteiger partial charge in [-0.05, 0) is 38.5 Å². The van der Waals surface area contributed by atoms with Gasteiger partial charge in [-0.15, -0.1) is 0 Å². The Labute approximate surface area is 210 Å². The second-order valence-corrected chi connectivity index (χ2v) is 11.9. The van der Waals surface area contributed by atoms with E-state index in [2.05, 4.69) is 12.6 Å². The molecule has 0 spiro atoms. The van der Waals surface area contributed by atoms with Gasteiger partial charge in [0.05, 0.1) is 18.0 Å². The highest BCUT2D eigenvalue weighted by Crippen LogP contribution is 2.25. The predicted molar refractivity (Wildman–Crippen MR) is 124 cm³/mol. The van der Waals surface area contributed by atoms with Crippen LogP contribution < -0.4 is 0 Å². The van der Waals surface area contributed by atoms with Crippen LogP contribution in [0.25, 0.3) is 0 Å². The Morgan fingerprint density at radius 3 is 1.74 bits per heavy atom. The average Bonchev–Trinajstić information content (AvgIpc) is 2.75. The fourth-order valence-electron chi connectivity index (χ4n) is 3.72. The molecule has 3 fully saturated rings. The van der Waals surface area contributed by atoms with Gasteiger partial charge in [0.2, 0.25) is 0 Å². The molecular formula is C20H33F3O9S3. The molecule has 0 aromatic rings. The molecule has 0 bridgehead atoms. The summed E-state index contributed by atoms with van der Waals surface area (Å²) >= 11 is 4.11. The topological polar surface area (TPSA) is 141 Å². The summed E-state index contributed by atoms with van der Waals surface area (Å²) in [6.07, 6.45) is 11.6. The van der Waals surface area contributed by atoms with Gasteiger partial charge in [-0.3, -0.25) is 14.1 Å². The normalized spacial score (nSPS) is 24.6. The van der Waals surface area contributed by atoms with Gasteiger partial charge in [0.25, 0.3) is 0 Å². The fraction of sp³-hybridized carbons (Fsp3) is 0.900. The summed E-state index contributed by atoms with van der Waals surface area (Å²) < 4.78 is 90.8. The molecule has 2 unspecified atom stereocenters. The molecular weight excluding hydrogens is 537 g/mol. The smallest absolute Gasteiger partial charge is 0.299 e. The Morgan fingerprint density at radius 2 is 1.31 bits per heavy atom. The number of hydrogen-bond acceptors (Lipinski definition) is 9. The van der Waals surface area contributed by atoms with Crippen LogP contribution in [0, 0.1) is 5.92 Å². The molecule has 0 aliphatic heterocycles. The standard InChI is InChI=1S/C13H22O5S.C6H10OS.CHF3O3S/c14-13-9-5-4-6-11(13)10-17-19(15,16)18-12-7-2-1-3-8-12;7-5-3-1-2-4-6(5)8;2-1(3,4)8(5,6)7/h11-12H,1-10H2;6,8H,1-4H2;(H,5,6,7). The first-order valence-electron chi connectivity index (χ1n) is 11.5. The zero-order valence-electron chi connectivity index (χ0n) is 19.2. The van der Waals surface area contributed by atoms with Gasteiger partial charge in [-0.1, -0.05) is 32.1 Å². The maximum absolute atomic E-state index is 11.7. The minimum absolute atomic E-state index is 0.0590. The van der Waals surface area contributed by atoms with Gasteiger partial charge in [-0.2, -0.15) is 42.6 Å². The van der Waals surface area contributed by atoms with E-state index in [9.17, 15) is 31.2 Å². The summed E-state index contributed by atoms with van der Waals surface area (Å²) in [5.74, 6) is 0.164. The molecule has 2 atom stereocenters. The lowest BCUT2D eigenvalue weighted by Crippen LogP contribution is -2.28. The van der Waals surface area contributed by atoms with E-state index in [1.165, 1.54) is 6.42 Å². The molecule has 9 nitrogen and oxygen atoms in total. The van der Waals surface area contributed by atoms with Crippen molar-refractivity contribution in [1.82, 2.24) is 0 Å². The quantitative estimate of drug-likeness (QED) is 0.283. The third kappa shape index (κ3) is 13.4. The molecule has 3 saturated carbocycles. The van der Waals surface area contributed by atoms with Crippen molar-refractivity contribution < 1.29 is 52.5 Å². The van der Waals surface area contributed by atoms with Crippen LogP contribution in [0.5, 0.6) is 0 Å². The van der Waals surface area contributed by atoms with Gasteiger partial charge in [0, 0.05) is 18.8 Å². The van der Waals surface area contributed by atoms with Gasteiger partial charge in [0.15, 0.2) is 0 Å². The Morgan fingerprint density at radius 1 is 0.829 bits per heavy atom. The maximum atomic E-state index is 11.7. The van der Waals surface area contributed by atoms with Crippen LogP contribution in [0.1, 0.15) is 83.5 Å². The lowest BCUT2D eigenvalue weighted by atomic mass is 9.89. The summed E-state index contributed by atoms with van der Waals surface area (Å²) in [7, 11) is -9.80. The minimum atomic E-state index is -5.84. The molecule has 15 heteroatoms. The first-order chi connectivity index (χ1) is 16.1. The monoisotopic (exact) mass is 570 g/mol. The number of halogens is 3. The highest BCUT2D eigenvalue weighted by atomic mass is 32.3. The van der Waals surface area contributed by atoms with Crippen molar-refractivity contribution in [1.29, 1.82) is 0 Å². The Kier molecular flexibility index (Phi) is 13.7. The lowest BCUT2D eigenvalue weighted by molar-refractivity contribution is -0.125. The zero-order valence-corrected chi connectivity index (χ0v) is 21.8. The van der Waals surface area contributed by atoms with E-state index >= 15 is 0 Å². The van der Waals surface area contributed by atoms with Crippen molar-refractivity contribution in [2.24, 2.45) is 5.92 Å². The number of thiol groups is 1. The number of hydrogen-bond donors (Lipinski definition) is 2. The SMILES string of the molecule is O=C1CCCCC1COS(=O)(=O)OC1CCCCC1.O=C1CCCCC1S.O=S(=O)(O)C(F)(F)F. The third-order valence-corrected chi connectivity index (χ3v) is 7.78. The van der Waals surface area contributed by atoms with E-state index in [1.807, 2.05) is 0 Å². The van der Waals surface area contributed by atoms with E-state index < -0.39 is 26.0 Å². The van der Waals surface area contributed by atoms with Crippen molar-refractivity contribution in [2.75, 3.05) is 6.61 Å². The summed E-state index contributed by atoms with van der Waals surface area (Å²) in [5.41, 5.74) is -5.53. The molecule has 3 aliphatic carbocycles. The van der Waals surface area contributed by atoms with Crippen LogP contribution in [0.4, 0.5) is 13.2 Å². The van der Waals surface area contributed by atoms with Crippen LogP contribution >= 0.6 is 12.6 Å². The molecule has 206 valence electrons. The van der Waals surface area contributed by atoms with E-state index in [0.29, 0.717) is 12.2 Å². The first kappa shape index (κ1) is 32.3. The maximum Gasteiger partial charge on any atom is 0.522 e. The molecule has 3 rings (SSSR count). The second-order valence-electron chi connectivity index (χ2n) is 8.61. The number of carbonyl (C=O) groups excluding carboxylic acids is 2. The summed E-state index contributed by atoms with van der Waals surface area (Å²) in [4.78, 5) is 22.3. The highest BCUT2D eigenvalue weighted by molar-refractivity contribution is 7.86. The van der Waals surface area contributed by atoms with Crippen LogP contribution in [-0.4, -0.2) is 56.4 Å². The molecule has 0 amide bonds. The number of Topliss-reactive ketones (excluding diaryl/α,β-unsaturated/α-hetero) is 2. The van der Waals surface area contributed by atoms with Crippen LogP contribution in [0.3, 0.4) is 0 Å². The van der Waals surface area contributed by atoms with Crippen molar-refractivity contribution in [3.63, 3.8) is 0 Å².